The van der Waals surface area contributed by atoms with E-state index in [2.05, 4.69) is 58.2 Å². The van der Waals surface area contributed by atoms with Gasteiger partial charge in [-0.05, 0) is 62.1 Å². The van der Waals surface area contributed by atoms with E-state index >= 15 is 0 Å². The molecule has 1 aliphatic rings. The number of nitrogens with zero attached hydrogens (tertiary/aromatic N) is 5. The summed E-state index contributed by atoms with van der Waals surface area (Å²) >= 11 is 0. The average Bonchev–Trinajstić information content (AvgIpc) is 3.10. The Morgan fingerprint density at radius 1 is 1.07 bits per heavy atom. The smallest absolute Gasteiger partial charge is 0.153 e. The number of imidazole rings is 1. The molecule has 0 aliphatic carbocycles. The molecule has 4 heterocycles. The highest BCUT2D eigenvalue weighted by atomic mass is 15.3. The van der Waals surface area contributed by atoms with Gasteiger partial charge in [0.1, 0.15) is 5.82 Å². The number of piperidine rings is 1. The SMILES string of the molecule is CC1CCCCN1c1ccc2ncc(Cc3ccc4ncccc4c3)n2n1. The molecule has 4 aromatic rings. The Labute approximate surface area is 158 Å². The van der Waals surface area contributed by atoms with Gasteiger partial charge in [0.2, 0.25) is 0 Å². The van der Waals surface area contributed by atoms with E-state index < -0.39 is 0 Å². The lowest BCUT2D eigenvalue weighted by Crippen LogP contribution is -2.38. The van der Waals surface area contributed by atoms with Crippen LogP contribution in [-0.4, -0.2) is 32.2 Å². The first-order valence-electron chi connectivity index (χ1n) is 9.72. The molecule has 1 unspecified atom stereocenters. The Bertz CT molecular complexity index is 1100. The van der Waals surface area contributed by atoms with Crippen LogP contribution in [-0.2, 0) is 6.42 Å². The van der Waals surface area contributed by atoms with Gasteiger partial charge in [-0.2, -0.15) is 0 Å². The quantitative estimate of drug-likeness (QED) is 0.550. The van der Waals surface area contributed by atoms with E-state index in [1.165, 1.54) is 30.2 Å². The highest BCUT2D eigenvalue weighted by Crippen LogP contribution is 2.24. The molecule has 0 saturated carbocycles. The first-order chi connectivity index (χ1) is 13.3. The molecule has 5 nitrogen and oxygen atoms in total. The van der Waals surface area contributed by atoms with Crippen LogP contribution in [0.25, 0.3) is 16.6 Å². The highest BCUT2D eigenvalue weighted by Gasteiger charge is 2.20. The molecule has 1 saturated heterocycles. The summed E-state index contributed by atoms with van der Waals surface area (Å²) in [4.78, 5) is 11.4. The third-order valence-electron chi connectivity index (χ3n) is 5.57. The number of benzene rings is 1. The Morgan fingerprint density at radius 3 is 2.96 bits per heavy atom. The number of hydrogen-bond donors (Lipinski definition) is 0. The maximum atomic E-state index is 4.94. The molecule has 1 fully saturated rings. The van der Waals surface area contributed by atoms with Crippen molar-refractivity contribution in [3.8, 4) is 0 Å². The van der Waals surface area contributed by atoms with Crippen molar-refractivity contribution in [2.75, 3.05) is 11.4 Å². The number of pyridine rings is 1. The number of aromatic nitrogens is 4. The molecule has 0 bridgehead atoms. The number of anilines is 1. The van der Waals surface area contributed by atoms with Crippen LogP contribution >= 0.6 is 0 Å². The van der Waals surface area contributed by atoms with E-state index in [0.717, 1.165) is 35.6 Å². The van der Waals surface area contributed by atoms with E-state index in [1.54, 1.807) is 0 Å². The summed E-state index contributed by atoms with van der Waals surface area (Å²) in [6.07, 6.45) is 8.37. The van der Waals surface area contributed by atoms with Crippen LogP contribution in [0.4, 0.5) is 5.82 Å². The van der Waals surface area contributed by atoms with Crippen LogP contribution in [0.5, 0.6) is 0 Å². The second-order valence-corrected chi connectivity index (χ2v) is 7.46. The minimum Gasteiger partial charge on any atom is -0.352 e. The van der Waals surface area contributed by atoms with Crippen molar-refractivity contribution in [3.63, 3.8) is 0 Å². The van der Waals surface area contributed by atoms with E-state index in [0.29, 0.717) is 6.04 Å². The van der Waals surface area contributed by atoms with Crippen LogP contribution in [0.1, 0.15) is 37.4 Å². The average molecular weight is 357 g/mol. The molecule has 1 aromatic carbocycles. The molecule has 0 radical (unpaired) electrons. The van der Waals surface area contributed by atoms with E-state index in [4.69, 9.17) is 5.10 Å². The lowest BCUT2D eigenvalue weighted by atomic mass is 10.0. The molecule has 1 aliphatic heterocycles. The van der Waals surface area contributed by atoms with Crippen LogP contribution in [0.3, 0.4) is 0 Å². The van der Waals surface area contributed by atoms with Gasteiger partial charge < -0.3 is 4.90 Å². The summed E-state index contributed by atoms with van der Waals surface area (Å²) in [5.74, 6) is 1.05. The first-order valence-corrected chi connectivity index (χ1v) is 9.72. The van der Waals surface area contributed by atoms with Gasteiger partial charge in [-0.3, -0.25) is 4.98 Å². The molecule has 5 rings (SSSR count). The van der Waals surface area contributed by atoms with Crippen LogP contribution in [0, 0.1) is 0 Å². The normalized spacial score (nSPS) is 17.7. The number of rotatable bonds is 3. The van der Waals surface area contributed by atoms with Crippen molar-refractivity contribution in [2.24, 2.45) is 0 Å². The minimum atomic E-state index is 0.545. The molecule has 5 heteroatoms. The lowest BCUT2D eigenvalue weighted by Gasteiger charge is -2.34. The number of fused-ring (bicyclic) bond motifs is 2. The minimum absolute atomic E-state index is 0.545. The lowest BCUT2D eigenvalue weighted by molar-refractivity contribution is 0.479. The predicted molar refractivity (Wildman–Crippen MR) is 108 cm³/mol. The Kier molecular flexibility index (Phi) is 4.00. The molecule has 0 N–H and O–H groups in total. The molecule has 0 spiro atoms. The fourth-order valence-corrected chi connectivity index (χ4v) is 4.07. The van der Waals surface area contributed by atoms with E-state index in [9.17, 15) is 0 Å². The third-order valence-corrected chi connectivity index (χ3v) is 5.57. The summed E-state index contributed by atoms with van der Waals surface area (Å²) in [5, 5.41) is 6.10. The van der Waals surface area contributed by atoms with Crippen molar-refractivity contribution >= 4 is 22.4 Å². The summed E-state index contributed by atoms with van der Waals surface area (Å²) in [5.41, 5.74) is 4.29. The van der Waals surface area contributed by atoms with Crippen molar-refractivity contribution in [1.29, 1.82) is 0 Å². The van der Waals surface area contributed by atoms with Gasteiger partial charge in [0.25, 0.3) is 0 Å². The Morgan fingerprint density at radius 2 is 2.04 bits per heavy atom. The summed E-state index contributed by atoms with van der Waals surface area (Å²) < 4.78 is 2.00. The van der Waals surface area contributed by atoms with Crippen molar-refractivity contribution < 1.29 is 0 Å². The molecular weight excluding hydrogens is 334 g/mol. The third kappa shape index (κ3) is 3.03. The standard InChI is InChI=1S/C22H23N5/c1-16-5-2-3-12-26(16)22-10-9-21-24-15-19(27(21)25-22)14-17-7-8-20-18(13-17)6-4-11-23-20/h4,6-11,13,15-16H,2-3,5,12,14H2,1H3. The van der Waals surface area contributed by atoms with Crippen molar-refractivity contribution in [2.45, 2.75) is 38.6 Å². The Hall–Kier alpha value is -2.95. The van der Waals surface area contributed by atoms with Crippen LogP contribution in [0.2, 0.25) is 0 Å². The zero-order valence-electron chi connectivity index (χ0n) is 15.5. The van der Waals surface area contributed by atoms with Gasteiger partial charge in [0.05, 0.1) is 17.4 Å². The first kappa shape index (κ1) is 16.2. The molecule has 3 aromatic heterocycles. The van der Waals surface area contributed by atoms with Gasteiger partial charge in [-0.1, -0.05) is 12.1 Å². The monoisotopic (exact) mass is 357 g/mol. The summed E-state index contributed by atoms with van der Waals surface area (Å²) in [7, 11) is 0. The fourth-order valence-electron chi connectivity index (χ4n) is 4.07. The molecule has 0 amide bonds. The molecule has 136 valence electrons. The second kappa shape index (κ2) is 6.65. The summed E-state index contributed by atoms with van der Waals surface area (Å²) in [6.45, 7) is 3.38. The Balaban J connectivity index is 1.49. The van der Waals surface area contributed by atoms with E-state index in [-0.39, 0.29) is 0 Å². The summed E-state index contributed by atoms with van der Waals surface area (Å²) in [6, 6.07) is 15.3. The zero-order chi connectivity index (χ0) is 18.2. The van der Waals surface area contributed by atoms with Crippen LogP contribution in [0.15, 0.2) is 54.9 Å². The zero-order valence-corrected chi connectivity index (χ0v) is 15.5. The van der Waals surface area contributed by atoms with Crippen LogP contribution < -0.4 is 4.90 Å². The van der Waals surface area contributed by atoms with Gasteiger partial charge in [-0.25, -0.2) is 9.50 Å². The fraction of sp³-hybridized carbons (Fsp3) is 0.318. The highest BCUT2D eigenvalue weighted by molar-refractivity contribution is 5.79. The second-order valence-electron chi connectivity index (χ2n) is 7.46. The molecule has 1 atom stereocenters. The molecular formula is C22H23N5. The van der Waals surface area contributed by atoms with Gasteiger partial charge in [-0.15, -0.1) is 5.10 Å². The molecule has 27 heavy (non-hydrogen) atoms. The predicted octanol–water partition coefficient (Wildman–Crippen LogP) is 4.25. The van der Waals surface area contributed by atoms with Crippen molar-refractivity contribution in [3.05, 3.63) is 66.1 Å². The maximum absolute atomic E-state index is 4.94. The van der Waals surface area contributed by atoms with Gasteiger partial charge in [0.15, 0.2) is 5.65 Å². The largest absolute Gasteiger partial charge is 0.352 e. The van der Waals surface area contributed by atoms with Crippen molar-refractivity contribution in [1.82, 2.24) is 19.6 Å². The topological polar surface area (TPSA) is 46.3 Å². The van der Waals surface area contributed by atoms with Gasteiger partial charge >= 0.3 is 0 Å². The van der Waals surface area contributed by atoms with E-state index in [1.807, 2.05) is 23.0 Å². The van der Waals surface area contributed by atoms with Gasteiger partial charge in [0, 0.05) is 30.6 Å². The number of hydrogen-bond acceptors (Lipinski definition) is 4. The maximum Gasteiger partial charge on any atom is 0.153 e.